The monoisotopic (exact) mass is 311 g/mol. The number of nitrogens with zero attached hydrogens (tertiary/aromatic N) is 4. The molecule has 1 atom stereocenters. The van der Waals surface area contributed by atoms with Crippen molar-refractivity contribution in [3.63, 3.8) is 0 Å². The Morgan fingerprint density at radius 3 is 2.65 bits per heavy atom. The summed E-state index contributed by atoms with van der Waals surface area (Å²) < 4.78 is 0. The van der Waals surface area contributed by atoms with Crippen LogP contribution in [0.15, 0.2) is 24.5 Å². The van der Waals surface area contributed by atoms with Crippen molar-refractivity contribution < 1.29 is 4.79 Å². The van der Waals surface area contributed by atoms with Crippen molar-refractivity contribution in [2.24, 2.45) is 0 Å². The molecule has 2 aromatic rings. The van der Waals surface area contributed by atoms with E-state index in [0.717, 1.165) is 36.6 Å². The van der Waals surface area contributed by atoms with Crippen LogP contribution in [-0.2, 0) is 0 Å². The Bertz CT molecular complexity index is 716. The number of nitrogens with one attached hydrogen (secondary N) is 1. The van der Waals surface area contributed by atoms with Gasteiger partial charge < -0.3 is 10.2 Å². The van der Waals surface area contributed by atoms with Gasteiger partial charge in [-0.15, -0.1) is 10.2 Å². The van der Waals surface area contributed by atoms with Crippen LogP contribution in [0, 0.1) is 13.8 Å². The maximum absolute atomic E-state index is 12.6. The van der Waals surface area contributed by atoms with E-state index in [0.29, 0.717) is 17.3 Å². The smallest absolute Gasteiger partial charge is 0.213 e. The predicted octanol–water partition coefficient (Wildman–Crippen LogP) is 1.52. The number of ketones is 1. The SMILES string of the molecule is Cc1c(C(=O)c2ccncc2)nnc(N2CCNC(C)C2)c1C. The zero-order valence-corrected chi connectivity index (χ0v) is 13.7. The summed E-state index contributed by atoms with van der Waals surface area (Å²) >= 11 is 0. The molecule has 6 heteroatoms. The number of hydrogen-bond donors (Lipinski definition) is 1. The van der Waals surface area contributed by atoms with Crippen molar-refractivity contribution in [1.29, 1.82) is 0 Å². The van der Waals surface area contributed by atoms with Crippen LogP contribution in [0.4, 0.5) is 5.82 Å². The van der Waals surface area contributed by atoms with Crippen molar-refractivity contribution >= 4 is 11.6 Å². The van der Waals surface area contributed by atoms with Gasteiger partial charge in [0.05, 0.1) is 0 Å². The van der Waals surface area contributed by atoms with E-state index in [4.69, 9.17) is 0 Å². The molecular weight excluding hydrogens is 290 g/mol. The van der Waals surface area contributed by atoms with E-state index in [9.17, 15) is 4.79 Å². The van der Waals surface area contributed by atoms with Crippen LogP contribution in [0.5, 0.6) is 0 Å². The zero-order chi connectivity index (χ0) is 16.4. The van der Waals surface area contributed by atoms with Crippen molar-refractivity contribution in [2.45, 2.75) is 26.8 Å². The largest absolute Gasteiger partial charge is 0.352 e. The summed E-state index contributed by atoms with van der Waals surface area (Å²) in [6.45, 7) is 8.83. The van der Waals surface area contributed by atoms with Crippen LogP contribution >= 0.6 is 0 Å². The van der Waals surface area contributed by atoms with Gasteiger partial charge in [-0.1, -0.05) is 0 Å². The molecule has 1 N–H and O–H groups in total. The lowest BCUT2D eigenvalue weighted by molar-refractivity contribution is 0.103. The fourth-order valence-corrected chi connectivity index (χ4v) is 2.87. The molecule has 1 fully saturated rings. The van der Waals surface area contributed by atoms with Crippen LogP contribution in [0.3, 0.4) is 0 Å². The number of rotatable bonds is 3. The fraction of sp³-hybridized carbons (Fsp3) is 0.412. The van der Waals surface area contributed by atoms with Gasteiger partial charge in [-0.05, 0) is 44.0 Å². The summed E-state index contributed by atoms with van der Waals surface area (Å²) in [4.78, 5) is 18.8. The number of carbonyl (C=O) groups excluding carboxylic acids is 1. The average molecular weight is 311 g/mol. The van der Waals surface area contributed by atoms with Crippen molar-refractivity contribution in [1.82, 2.24) is 20.5 Å². The molecule has 0 aliphatic carbocycles. The standard InChI is InChI=1S/C17H21N5O/c1-11-10-22(9-8-19-11)17-13(3)12(2)15(20-21-17)16(23)14-4-6-18-7-5-14/h4-7,11,19H,8-10H2,1-3H3. The average Bonchev–Trinajstić information content (AvgIpc) is 2.57. The van der Waals surface area contributed by atoms with E-state index in [-0.39, 0.29) is 5.78 Å². The minimum Gasteiger partial charge on any atom is -0.352 e. The van der Waals surface area contributed by atoms with Crippen LogP contribution in [0.25, 0.3) is 0 Å². The summed E-state index contributed by atoms with van der Waals surface area (Å²) in [5.74, 6) is 0.767. The third-order valence-electron chi connectivity index (χ3n) is 4.32. The summed E-state index contributed by atoms with van der Waals surface area (Å²) in [5, 5.41) is 12.0. The molecule has 1 saturated heterocycles. The maximum atomic E-state index is 12.6. The quantitative estimate of drug-likeness (QED) is 0.867. The second-order valence-electron chi connectivity index (χ2n) is 5.99. The number of aromatic nitrogens is 3. The van der Waals surface area contributed by atoms with E-state index in [1.165, 1.54) is 0 Å². The molecular formula is C17H21N5O. The van der Waals surface area contributed by atoms with Gasteiger partial charge in [-0.3, -0.25) is 9.78 Å². The number of hydrogen-bond acceptors (Lipinski definition) is 6. The summed E-state index contributed by atoms with van der Waals surface area (Å²) in [5.41, 5.74) is 2.91. The van der Waals surface area contributed by atoms with Gasteiger partial charge in [0.15, 0.2) is 5.82 Å². The first kappa shape index (κ1) is 15.6. The molecule has 0 radical (unpaired) electrons. The number of pyridine rings is 1. The lowest BCUT2D eigenvalue weighted by Crippen LogP contribution is -2.49. The van der Waals surface area contributed by atoms with Gasteiger partial charge in [0, 0.05) is 43.6 Å². The Labute approximate surface area is 136 Å². The van der Waals surface area contributed by atoms with Crippen molar-refractivity contribution in [3.05, 3.63) is 46.9 Å². The maximum Gasteiger partial charge on any atom is 0.213 e. The molecule has 0 spiro atoms. The lowest BCUT2D eigenvalue weighted by Gasteiger charge is -2.33. The highest BCUT2D eigenvalue weighted by molar-refractivity contribution is 6.08. The molecule has 0 saturated carbocycles. The molecule has 6 nitrogen and oxygen atoms in total. The molecule has 23 heavy (non-hydrogen) atoms. The first-order valence-electron chi connectivity index (χ1n) is 7.85. The van der Waals surface area contributed by atoms with E-state index in [1.807, 2.05) is 13.8 Å². The molecule has 3 heterocycles. The highest BCUT2D eigenvalue weighted by Gasteiger charge is 2.23. The lowest BCUT2D eigenvalue weighted by atomic mass is 10.0. The zero-order valence-electron chi connectivity index (χ0n) is 13.7. The van der Waals surface area contributed by atoms with E-state index >= 15 is 0 Å². The van der Waals surface area contributed by atoms with E-state index in [2.05, 4.69) is 32.3 Å². The number of carbonyl (C=O) groups is 1. The van der Waals surface area contributed by atoms with Crippen LogP contribution in [0.2, 0.25) is 0 Å². The Balaban J connectivity index is 1.93. The van der Waals surface area contributed by atoms with E-state index < -0.39 is 0 Å². The molecule has 2 aromatic heterocycles. The minimum absolute atomic E-state index is 0.110. The molecule has 0 aromatic carbocycles. The molecule has 1 unspecified atom stereocenters. The Hall–Kier alpha value is -2.34. The van der Waals surface area contributed by atoms with Gasteiger partial charge in [-0.2, -0.15) is 0 Å². The van der Waals surface area contributed by atoms with Crippen LogP contribution < -0.4 is 10.2 Å². The highest BCUT2D eigenvalue weighted by atomic mass is 16.1. The molecule has 0 bridgehead atoms. The minimum atomic E-state index is -0.110. The molecule has 120 valence electrons. The van der Waals surface area contributed by atoms with E-state index in [1.54, 1.807) is 24.5 Å². The third-order valence-corrected chi connectivity index (χ3v) is 4.32. The molecule has 0 amide bonds. The second kappa shape index (κ2) is 6.42. The Morgan fingerprint density at radius 2 is 1.96 bits per heavy atom. The first-order chi connectivity index (χ1) is 11.1. The summed E-state index contributed by atoms with van der Waals surface area (Å²) in [6, 6.07) is 3.82. The van der Waals surface area contributed by atoms with Gasteiger partial charge >= 0.3 is 0 Å². The predicted molar refractivity (Wildman–Crippen MR) is 88.9 cm³/mol. The number of piperazine rings is 1. The van der Waals surface area contributed by atoms with Crippen LogP contribution in [-0.4, -0.2) is 46.6 Å². The normalized spacial score (nSPS) is 18.0. The summed E-state index contributed by atoms with van der Waals surface area (Å²) in [6.07, 6.45) is 3.22. The van der Waals surface area contributed by atoms with Gasteiger partial charge in [0.25, 0.3) is 0 Å². The molecule has 1 aliphatic rings. The third kappa shape index (κ3) is 3.07. The summed E-state index contributed by atoms with van der Waals surface area (Å²) in [7, 11) is 0. The number of anilines is 1. The molecule has 1 aliphatic heterocycles. The Kier molecular flexibility index (Phi) is 4.34. The Morgan fingerprint density at radius 1 is 1.22 bits per heavy atom. The second-order valence-corrected chi connectivity index (χ2v) is 5.99. The topological polar surface area (TPSA) is 71.0 Å². The van der Waals surface area contributed by atoms with Crippen molar-refractivity contribution in [2.75, 3.05) is 24.5 Å². The highest BCUT2D eigenvalue weighted by Crippen LogP contribution is 2.23. The van der Waals surface area contributed by atoms with Gasteiger partial charge in [-0.25, -0.2) is 0 Å². The first-order valence-corrected chi connectivity index (χ1v) is 7.85. The van der Waals surface area contributed by atoms with Gasteiger partial charge in [0.2, 0.25) is 5.78 Å². The van der Waals surface area contributed by atoms with Gasteiger partial charge in [0.1, 0.15) is 5.69 Å². The van der Waals surface area contributed by atoms with Crippen LogP contribution in [0.1, 0.15) is 34.1 Å². The fourth-order valence-electron chi connectivity index (χ4n) is 2.87. The molecule has 3 rings (SSSR count). The van der Waals surface area contributed by atoms with Crippen molar-refractivity contribution in [3.8, 4) is 0 Å².